The summed E-state index contributed by atoms with van der Waals surface area (Å²) in [4.78, 5) is 4.07. The number of nitrogens with one attached hydrogen (secondary N) is 1. The van der Waals surface area contributed by atoms with Crippen molar-refractivity contribution in [2.75, 3.05) is 0 Å². The Morgan fingerprint density at radius 2 is 2.29 bits per heavy atom. The molecule has 0 aliphatic heterocycles. The molecular weight excluding hydrogens is 212 g/mol. The zero-order valence-corrected chi connectivity index (χ0v) is 9.93. The fraction of sp³-hybridized carbons (Fsp3) is 0.231. The maximum absolute atomic E-state index is 4.13. The average Bonchev–Trinajstić information content (AvgIpc) is 2.80. The quantitative estimate of drug-likeness (QED) is 0.851. The largest absolute Gasteiger partial charge is 0.308 e. The van der Waals surface area contributed by atoms with Crippen molar-refractivity contribution >= 4 is 6.20 Å². The molecule has 0 unspecified atom stereocenters. The molecule has 2 aromatic heterocycles. The number of pyridine rings is 1. The van der Waals surface area contributed by atoms with Gasteiger partial charge in [0.2, 0.25) is 0 Å². The summed E-state index contributed by atoms with van der Waals surface area (Å²) in [7, 11) is 0. The minimum atomic E-state index is 0.801. The second kappa shape index (κ2) is 5.41. The molecule has 0 saturated carbocycles. The number of nitrogens with zero attached hydrogens (tertiary/aromatic N) is 3. The lowest BCUT2D eigenvalue weighted by atomic mass is 10.1. The van der Waals surface area contributed by atoms with E-state index in [1.54, 1.807) is 10.9 Å². The van der Waals surface area contributed by atoms with E-state index in [4.69, 9.17) is 0 Å². The van der Waals surface area contributed by atoms with Gasteiger partial charge in [-0.05, 0) is 24.1 Å². The Labute approximate surface area is 101 Å². The first kappa shape index (κ1) is 11.5. The summed E-state index contributed by atoms with van der Waals surface area (Å²) in [5, 5.41) is 7.51. The fourth-order valence-corrected chi connectivity index (χ4v) is 1.61. The summed E-state index contributed by atoms with van der Waals surface area (Å²) in [6, 6.07) is 2.04. The van der Waals surface area contributed by atoms with Crippen molar-refractivity contribution in [2.45, 2.75) is 20.0 Å². The van der Waals surface area contributed by atoms with Gasteiger partial charge in [0.05, 0.1) is 6.20 Å². The van der Waals surface area contributed by atoms with Gasteiger partial charge in [-0.1, -0.05) is 6.58 Å². The maximum Gasteiger partial charge on any atom is 0.0538 e. The molecule has 0 fully saturated rings. The highest BCUT2D eigenvalue weighted by molar-refractivity contribution is 5.21. The molecule has 1 N–H and O–H groups in total. The van der Waals surface area contributed by atoms with Crippen LogP contribution in [0.5, 0.6) is 0 Å². The van der Waals surface area contributed by atoms with Crippen LogP contribution in [0, 0.1) is 6.92 Å². The number of rotatable bonds is 5. The average molecular weight is 228 g/mol. The van der Waals surface area contributed by atoms with Crippen molar-refractivity contribution in [3.63, 3.8) is 0 Å². The summed E-state index contributed by atoms with van der Waals surface area (Å²) >= 11 is 0. The molecule has 0 aliphatic carbocycles. The summed E-state index contributed by atoms with van der Waals surface area (Å²) in [6.07, 6.45) is 9.18. The third kappa shape index (κ3) is 3.01. The molecule has 0 saturated heterocycles. The summed E-state index contributed by atoms with van der Waals surface area (Å²) in [5.74, 6) is 0. The second-order valence-corrected chi connectivity index (χ2v) is 3.92. The highest BCUT2D eigenvalue weighted by atomic mass is 15.2. The highest BCUT2D eigenvalue weighted by Gasteiger charge is 1.99. The van der Waals surface area contributed by atoms with Gasteiger partial charge >= 0.3 is 0 Å². The standard InChI is InChI=1S/C13H16N4/c1-3-17-10-12(8-16-17)7-15-9-13-4-5-14-6-11(13)2/h3-6,8,10,15H,1,7,9H2,2H3. The van der Waals surface area contributed by atoms with E-state index in [-0.39, 0.29) is 0 Å². The van der Waals surface area contributed by atoms with Crippen LogP contribution in [-0.4, -0.2) is 14.8 Å². The Balaban J connectivity index is 1.87. The molecule has 0 amide bonds. The van der Waals surface area contributed by atoms with E-state index in [1.807, 2.05) is 30.9 Å². The van der Waals surface area contributed by atoms with Crippen LogP contribution in [0.15, 0.2) is 37.4 Å². The van der Waals surface area contributed by atoms with E-state index in [1.165, 1.54) is 11.1 Å². The van der Waals surface area contributed by atoms with Crippen LogP contribution < -0.4 is 5.32 Å². The van der Waals surface area contributed by atoms with Crippen molar-refractivity contribution in [1.29, 1.82) is 0 Å². The van der Waals surface area contributed by atoms with Gasteiger partial charge in [-0.15, -0.1) is 0 Å². The Bertz CT molecular complexity index is 502. The van der Waals surface area contributed by atoms with E-state index < -0.39 is 0 Å². The minimum Gasteiger partial charge on any atom is -0.308 e. The normalized spacial score (nSPS) is 10.4. The summed E-state index contributed by atoms with van der Waals surface area (Å²) < 4.78 is 1.70. The Kier molecular flexibility index (Phi) is 3.67. The minimum absolute atomic E-state index is 0.801. The molecule has 0 bridgehead atoms. The lowest BCUT2D eigenvalue weighted by molar-refractivity contribution is 0.689. The van der Waals surface area contributed by atoms with Crippen molar-refractivity contribution in [2.24, 2.45) is 0 Å². The van der Waals surface area contributed by atoms with Crippen LogP contribution in [0.4, 0.5) is 0 Å². The highest BCUT2D eigenvalue weighted by Crippen LogP contribution is 2.05. The molecule has 0 spiro atoms. The van der Waals surface area contributed by atoms with Gasteiger partial charge < -0.3 is 5.32 Å². The number of hydrogen-bond donors (Lipinski definition) is 1. The molecule has 4 heteroatoms. The topological polar surface area (TPSA) is 42.7 Å². The van der Waals surface area contributed by atoms with Crippen LogP contribution in [0.2, 0.25) is 0 Å². The number of hydrogen-bond acceptors (Lipinski definition) is 3. The van der Waals surface area contributed by atoms with Gasteiger partial charge in [0, 0.05) is 43.4 Å². The Morgan fingerprint density at radius 3 is 3.00 bits per heavy atom. The third-order valence-electron chi connectivity index (χ3n) is 2.62. The maximum atomic E-state index is 4.13. The Hall–Kier alpha value is -1.94. The molecule has 2 rings (SSSR count). The monoisotopic (exact) mass is 228 g/mol. The van der Waals surface area contributed by atoms with Crippen LogP contribution in [0.1, 0.15) is 16.7 Å². The number of aromatic nitrogens is 3. The van der Waals surface area contributed by atoms with Gasteiger partial charge in [0.15, 0.2) is 0 Å². The van der Waals surface area contributed by atoms with Crippen molar-refractivity contribution in [3.05, 3.63) is 54.1 Å². The van der Waals surface area contributed by atoms with Gasteiger partial charge in [-0.2, -0.15) is 5.10 Å². The lowest BCUT2D eigenvalue weighted by Crippen LogP contribution is -2.13. The molecule has 17 heavy (non-hydrogen) atoms. The molecule has 0 aromatic carbocycles. The predicted octanol–water partition coefficient (Wildman–Crippen LogP) is 1.98. The number of aryl methyl sites for hydroxylation is 1. The molecule has 88 valence electrons. The summed E-state index contributed by atoms with van der Waals surface area (Å²) in [5.41, 5.74) is 3.63. The lowest BCUT2D eigenvalue weighted by Gasteiger charge is -2.05. The Morgan fingerprint density at radius 1 is 1.41 bits per heavy atom. The zero-order valence-electron chi connectivity index (χ0n) is 9.93. The van der Waals surface area contributed by atoms with Gasteiger partial charge in [0.25, 0.3) is 0 Å². The molecule has 2 aromatic rings. The molecule has 2 heterocycles. The first-order valence-electron chi connectivity index (χ1n) is 5.55. The first-order valence-corrected chi connectivity index (χ1v) is 5.55. The van der Waals surface area contributed by atoms with Crippen molar-refractivity contribution in [3.8, 4) is 0 Å². The molecule has 0 aliphatic rings. The summed E-state index contributed by atoms with van der Waals surface area (Å²) in [6.45, 7) is 7.37. The smallest absolute Gasteiger partial charge is 0.0538 e. The van der Waals surface area contributed by atoms with Crippen molar-refractivity contribution < 1.29 is 0 Å². The van der Waals surface area contributed by atoms with Gasteiger partial charge in [-0.3, -0.25) is 4.98 Å². The zero-order chi connectivity index (χ0) is 12.1. The van der Waals surface area contributed by atoms with E-state index in [9.17, 15) is 0 Å². The SMILES string of the molecule is C=Cn1cc(CNCc2ccncc2C)cn1. The third-order valence-corrected chi connectivity index (χ3v) is 2.62. The van der Waals surface area contributed by atoms with Gasteiger partial charge in [0.1, 0.15) is 0 Å². The second-order valence-electron chi connectivity index (χ2n) is 3.92. The van der Waals surface area contributed by atoms with Gasteiger partial charge in [-0.25, -0.2) is 4.68 Å². The molecule has 0 radical (unpaired) electrons. The fourth-order valence-electron chi connectivity index (χ4n) is 1.61. The van der Waals surface area contributed by atoms with Crippen LogP contribution in [0.25, 0.3) is 6.20 Å². The first-order chi connectivity index (χ1) is 8.29. The molecule has 0 atom stereocenters. The van der Waals surface area contributed by atoms with E-state index in [2.05, 4.69) is 28.9 Å². The van der Waals surface area contributed by atoms with Crippen LogP contribution in [0.3, 0.4) is 0 Å². The van der Waals surface area contributed by atoms with Crippen LogP contribution in [-0.2, 0) is 13.1 Å². The predicted molar refractivity (Wildman–Crippen MR) is 68.1 cm³/mol. The van der Waals surface area contributed by atoms with Crippen molar-refractivity contribution in [1.82, 2.24) is 20.1 Å². The van der Waals surface area contributed by atoms with E-state index in [0.717, 1.165) is 18.7 Å². The molecule has 4 nitrogen and oxygen atoms in total. The van der Waals surface area contributed by atoms with Crippen LogP contribution >= 0.6 is 0 Å². The van der Waals surface area contributed by atoms with E-state index >= 15 is 0 Å². The molecular formula is C13H16N4. The van der Waals surface area contributed by atoms with E-state index in [0.29, 0.717) is 0 Å².